The molecule has 12 rings (SSSR count). The van der Waals surface area contributed by atoms with Crippen LogP contribution in [0.25, 0.3) is 67.5 Å². The van der Waals surface area contributed by atoms with Gasteiger partial charge in [0.05, 0.1) is 0 Å². The predicted molar refractivity (Wildman–Crippen MR) is 385 cm³/mol. The van der Waals surface area contributed by atoms with Gasteiger partial charge in [-0.1, -0.05) is 109 Å². The quantitative estimate of drug-likeness (QED) is 0.148. The molecule has 6 aromatic carbocycles. The normalized spacial score (nSPS) is 13.5. The Morgan fingerprint density at radius 3 is 1.16 bits per heavy atom. The van der Waals surface area contributed by atoms with Crippen molar-refractivity contribution in [3.63, 3.8) is 0 Å². The largest absolute Gasteiger partial charge is 0.215 e. The standard InChI is InChI=1S/2C15H18N.4C14H16N/c1-11-9-13(3)16(4)15(10-11)14-8-6-5-7-12(14)2;1-11-9-10-15(16(4)13(11)3)14-8-6-5-7-12(14)2;1-11-7-4-5-9-13(11)14-12(2)8-6-10-15(14)3;1-11-7-4-5-9-13(11)14-10-6-8-12(2)15(14)3;1-11-8-9-15(3)14(10-11)13-7-5-4-6-12(13)2;1-11-8-9-14(15(3)10-11)13-7-5-4-6-12(13)2/h2*5-10H,1-4H3;4*4-10H,1-3H3/q6*+1/i2*1D3;2D3;;2*1D3. The molecule has 6 aromatic heterocycles. The first-order chi connectivity index (χ1) is 50.0. The van der Waals surface area contributed by atoms with E-state index in [2.05, 4.69) is 87.0 Å². The molecule has 0 aliphatic rings. The van der Waals surface area contributed by atoms with Crippen LogP contribution in [0.2, 0.25) is 0 Å². The molecule has 468 valence electrons. The van der Waals surface area contributed by atoms with E-state index in [0.717, 1.165) is 84.4 Å². The molecule has 0 unspecified atom stereocenters. The van der Waals surface area contributed by atoms with E-state index in [-0.39, 0.29) is 0 Å². The van der Waals surface area contributed by atoms with E-state index >= 15 is 0 Å². The van der Waals surface area contributed by atoms with E-state index in [1.807, 2.05) is 227 Å². The fourth-order valence-electron chi connectivity index (χ4n) is 10.9. The first kappa shape index (κ1) is 50.9. The second-order valence-corrected chi connectivity index (χ2v) is 23.3. The van der Waals surface area contributed by atoms with Crippen molar-refractivity contribution in [2.75, 3.05) is 0 Å². The maximum atomic E-state index is 7.65. The van der Waals surface area contributed by atoms with Gasteiger partial charge in [0.25, 0.3) is 0 Å². The number of rotatable bonds is 6. The monoisotopic (exact) mass is 1230 g/mol. The van der Waals surface area contributed by atoms with Crippen LogP contribution in [-0.4, -0.2) is 0 Å². The summed E-state index contributed by atoms with van der Waals surface area (Å²) in [6.45, 7) is 7.86. The summed E-state index contributed by atoms with van der Waals surface area (Å²) in [5.41, 5.74) is 24.5. The molecular weight excluding hydrogens is 1120 g/mol. The van der Waals surface area contributed by atoms with E-state index in [1.165, 1.54) is 33.6 Å². The van der Waals surface area contributed by atoms with Crippen molar-refractivity contribution in [3.05, 3.63) is 321 Å². The Hall–Kier alpha value is -9.78. The van der Waals surface area contributed by atoms with E-state index in [0.29, 0.717) is 27.8 Å². The molecule has 92 heavy (non-hydrogen) atoms. The summed E-state index contributed by atoms with van der Waals surface area (Å²) in [6, 6.07) is 72.4. The molecule has 0 atom stereocenters. The average Bonchev–Trinajstić information content (AvgIpc) is 0.793. The van der Waals surface area contributed by atoms with Gasteiger partial charge >= 0.3 is 0 Å². The zero-order valence-electron chi connectivity index (χ0n) is 71.3. The minimum Gasteiger partial charge on any atom is -0.201 e. The minimum absolute atomic E-state index is 0.363. The Morgan fingerprint density at radius 1 is 0.250 bits per heavy atom. The zero-order chi connectivity index (χ0) is 79.3. The Morgan fingerprint density at radius 2 is 0.674 bits per heavy atom. The van der Waals surface area contributed by atoms with E-state index < -0.39 is 34.3 Å². The molecule has 12 aromatic rings. The third-order valence-corrected chi connectivity index (χ3v) is 16.7. The summed E-state index contributed by atoms with van der Waals surface area (Å²) < 4.78 is 125. The van der Waals surface area contributed by atoms with Crippen LogP contribution in [-0.2, 0) is 42.3 Å². The van der Waals surface area contributed by atoms with Gasteiger partial charge in [0.2, 0.25) is 34.2 Å². The van der Waals surface area contributed by atoms with Crippen LogP contribution in [0.1, 0.15) is 98.8 Å². The number of pyridine rings is 6. The van der Waals surface area contributed by atoms with Gasteiger partial charge in [-0.05, 0) is 181 Å². The number of nitrogens with zero attached hydrogens (tertiary/aromatic N) is 6. The summed E-state index contributed by atoms with van der Waals surface area (Å²) >= 11 is 0. The molecule has 0 bridgehead atoms. The number of aryl methyl sites for hydroxylation is 16. The first-order valence-electron chi connectivity index (χ1n) is 38.3. The number of benzene rings is 6. The van der Waals surface area contributed by atoms with Gasteiger partial charge in [0, 0.05) is 146 Å². The summed E-state index contributed by atoms with van der Waals surface area (Å²) in [7, 11) is 11.6. The highest BCUT2D eigenvalue weighted by Gasteiger charge is 2.19. The van der Waals surface area contributed by atoms with Crippen LogP contribution in [0.15, 0.2) is 243 Å². The van der Waals surface area contributed by atoms with Crippen molar-refractivity contribution in [2.24, 2.45) is 42.3 Å². The SMILES string of the molecule is Cc1ccccc1-c1cccc(C)[n+]1C.[2H]C([2H])([2H])c1cc(C)[n+](C)c(-c2ccccc2C)c1.[2H]C([2H])([2H])c1cc[n+](C)c(-c2ccccc2C)c1.[2H]C([2H])([2H])c1ccc(-c2ccccc2C)[n+](C)c1.[2H]C([2H])([2H])c1ccc(-c2ccccc2C)[n+](C)c1C.[2H]C([2H])([2H])c1ccc[n+](C)c1-c1ccccc1C. The second-order valence-electron chi connectivity index (χ2n) is 23.3. The van der Waals surface area contributed by atoms with E-state index in [1.54, 1.807) is 60.9 Å². The van der Waals surface area contributed by atoms with Crippen molar-refractivity contribution < 1.29 is 48.0 Å². The lowest BCUT2D eigenvalue weighted by molar-refractivity contribution is -0.667. The van der Waals surface area contributed by atoms with Crippen LogP contribution in [0.3, 0.4) is 0 Å². The third kappa shape index (κ3) is 18.0. The van der Waals surface area contributed by atoms with Crippen molar-refractivity contribution in [3.8, 4) is 67.5 Å². The maximum Gasteiger partial charge on any atom is 0.215 e. The Labute approximate surface area is 573 Å². The highest BCUT2D eigenvalue weighted by atomic mass is 15.0. The number of hydrogen-bond acceptors (Lipinski definition) is 0. The van der Waals surface area contributed by atoms with Gasteiger partial charge in [-0.15, -0.1) is 0 Å². The zero-order valence-corrected chi connectivity index (χ0v) is 56.3. The van der Waals surface area contributed by atoms with E-state index in [4.69, 9.17) is 20.6 Å². The van der Waals surface area contributed by atoms with Gasteiger partial charge in [-0.25, -0.2) is 13.7 Å². The second kappa shape index (κ2) is 32.8. The fraction of sp³-hybridized carbons (Fsp3) is 0.233. The molecule has 0 aliphatic carbocycles. The molecule has 0 amide bonds. The Balaban J connectivity index is 0.000000179. The molecule has 0 saturated heterocycles. The summed E-state index contributed by atoms with van der Waals surface area (Å²) in [6.07, 6.45) is 5.34. The van der Waals surface area contributed by atoms with Gasteiger partial charge in [0.15, 0.2) is 35.7 Å². The molecule has 0 N–H and O–H groups in total. The van der Waals surface area contributed by atoms with Crippen LogP contribution >= 0.6 is 0 Å². The molecule has 6 heterocycles. The van der Waals surface area contributed by atoms with Crippen molar-refractivity contribution in [1.82, 2.24) is 0 Å². The molecule has 0 aliphatic heterocycles. The van der Waals surface area contributed by atoms with Crippen LogP contribution in [0.5, 0.6) is 0 Å². The van der Waals surface area contributed by atoms with Gasteiger partial charge < -0.3 is 0 Å². The molecule has 0 spiro atoms. The number of aromatic nitrogens is 6. The molecule has 0 radical (unpaired) electrons. The lowest BCUT2D eigenvalue weighted by Crippen LogP contribution is -2.35. The van der Waals surface area contributed by atoms with Crippen molar-refractivity contribution in [2.45, 2.75) is 96.6 Å². The summed E-state index contributed by atoms with van der Waals surface area (Å²) in [5.74, 6) is 0. The minimum atomic E-state index is -2.10. The van der Waals surface area contributed by atoms with Gasteiger partial charge in [0.1, 0.15) is 42.3 Å². The third-order valence-electron chi connectivity index (χ3n) is 16.7. The predicted octanol–water partition coefficient (Wildman–Crippen LogP) is 17.4. The average molecular weight is 1230 g/mol. The lowest BCUT2D eigenvalue weighted by Gasteiger charge is -2.07. The van der Waals surface area contributed by atoms with Crippen molar-refractivity contribution in [1.29, 1.82) is 0 Å². The topological polar surface area (TPSA) is 23.3 Å². The van der Waals surface area contributed by atoms with Crippen LogP contribution in [0.4, 0.5) is 0 Å². The molecule has 6 nitrogen and oxygen atoms in total. The highest BCUT2D eigenvalue weighted by molar-refractivity contribution is 5.66. The first-order valence-corrected chi connectivity index (χ1v) is 30.8. The molecule has 0 saturated carbocycles. The molecule has 6 heteroatoms. The maximum absolute atomic E-state index is 7.65. The van der Waals surface area contributed by atoms with Crippen molar-refractivity contribution >= 4 is 0 Å². The smallest absolute Gasteiger partial charge is 0.201 e. The Kier molecular flexibility index (Phi) is 18.2. The Bertz CT molecular complexity index is 5070. The van der Waals surface area contributed by atoms with Gasteiger partial charge in [-0.2, -0.15) is 13.7 Å². The lowest BCUT2D eigenvalue weighted by atomic mass is 10.0. The van der Waals surface area contributed by atoms with Gasteiger partial charge in [-0.3, -0.25) is 0 Å². The van der Waals surface area contributed by atoms with Crippen LogP contribution in [0, 0.1) is 96.6 Å². The highest BCUT2D eigenvalue weighted by Crippen LogP contribution is 2.26. The van der Waals surface area contributed by atoms with E-state index in [9.17, 15) is 0 Å². The molecule has 0 fully saturated rings. The summed E-state index contributed by atoms with van der Waals surface area (Å²) in [5, 5.41) is 0. The number of hydrogen-bond donors (Lipinski definition) is 0. The van der Waals surface area contributed by atoms with Crippen LogP contribution < -0.4 is 27.4 Å². The fourth-order valence-corrected chi connectivity index (χ4v) is 10.9. The molecular formula is C86H100N6+6. The summed E-state index contributed by atoms with van der Waals surface area (Å²) in [4.78, 5) is 0.